The smallest absolute Gasteiger partial charge is 0.322 e. The van der Waals surface area contributed by atoms with Crippen molar-refractivity contribution in [2.24, 2.45) is 0 Å². The number of carbonyl (C=O) groups excluding carboxylic acids is 2. The Morgan fingerprint density at radius 3 is 2.52 bits per heavy atom. The Morgan fingerprint density at radius 1 is 1.06 bits per heavy atom. The monoisotopic (exact) mass is 514 g/mol. The van der Waals surface area contributed by atoms with Gasteiger partial charge in [-0.1, -0.05) is 22.0 Å². The van der Waals surface area contributed by atoms with E-state index < -0.39 is 6.04 Å². The third-order valence-electron chi connectivity index (χ3n) is 6.73. The number of amides is 3. The summed E-state index contributed by atoms with van der Waals surface area (Å²) in [6, 6.07) is 13.1. The normalized spacial score (nSPS) is 23.0. The first kappa shape index (κ1) is 23.7. The first-order chi connectivity index (χ1) is 15.8. The number of halogens is 1. The molecule has 2 N–H and O–H groups in total. The SMILES string of the molecule is CO[C@@H]1C[C@H](C(=O)Nc2ccc3c(c2)CCN(C)C(C)C3)N(C(=O)Nc2ccc(Br)cc2)C1. The lowest BCUT2D eigenvalue weighted by atomic mass is 10.00. The molecule has 33 heavy (non-hydrogen) atoms. The number of fused-ring (bicyclic) bond motifs is 1. The van der Waals surface area contributed by atoms with E-state index in [1.54, 1.807) is 12.0 Å². The van der Waals surface area contributed by atoms with Crippen LogP contribution in [0.25, 0.3) is 0 Å². The van der Waals surface area contributed by atoms with Crippen molar-refractivity contribution in [1.29, 1.82) is 0 Å². The number of carbonyl (C=O) groups is 2. The number of nitrogens with one attached hydrogen (secondary N) is 2. The number of likely N-dealkylation sites (N-methyl/N-ethyl adjacent to an activating group) is 1. The van der Waals surface area contributed by atoms with Crippen LogP contribution in [0.5, 0.6) is 0 Å². The van der Waals surface area contributed by atoms with E-state index in [9.17, 15) is 9.59 Å². The fraction of sp³-hybridized carbons (Fsp3) is 0.440. The number of benzene rings is 2. The van der Waals surface area contributed by atoms with Gasteiger partial charge in [0.25, 0.3) is 0 Å². The summed E-state index contributed by atoms with van der Waals surface area (Å²) in [7, 11) is 3.76. The molecule has 7 nitrogen and oxygen atoms in total. The maximum absolute atomic E-state index is 13.2. The van der Waals surface area contributed by atoms with Crippen LogP contribution in [-0.2, 0) is 22.4 Å². The molecule has 3 amide bonds. The molecule has 0 saturated carbocycles. The minimum Gasteiger partial charge on any atom is -0.380 e. The summed E-state index contributed by atoms with van der Waals surface area (Å²) in [4.78, 5) is 30.1. The third-order valence-corrected chi connectivity index (χ3v) is 7.26. The van der Waals surface area contributed by atoms with E-state index in [1.807, 2.05) is 30.3 Å². The number of urea groups is 1. The van der Waals surface area contributed by atoms with E-state index in [1.165, 1.54) is 11.1 Å². The van der Waals surface area contributed by atoms with E-state index in [0.717, 1.165) is 29.5 Å². The van der Waals surface area contributed by atoms with Crippen molar-refractivity contribution in [2.45, 2.75) is 44.4 Å². The molecule has 4 rings (SSSR count). The van der Waals surface area contributed by atoms with Crippen molar-refractivity contribution in [2.75, 3.05) is 37.9 Å². The molecule has 2 aromatic carbocycles. The average molecular weight is 515 g/mol. The Labute approximate surface area is 203 Å². The molecule has 0 radical (unpaired) electrons. The maximum Gasteiger partial charge on any atom is 0.322 e. The van der Waals surface area contributed by atoms with E-state index in [2.05, 4.69) is 57.6 Å². The molecule has 2 aromatic rings. The van der Waals surface area contributed by atoms with Crippen LogP contribution in [0.3, 0.4) is 0 Å². The van der Waals surface area contributed by atoms with Gasteiger partial charge in [-0.3, -0.25) is 4.79 Å². The summed E-state index contributed by atoms with van der Waals surface area (Å²) in [5.74, 6) is -0.195. The number of ether oxygens (including phenoxy) is 1. The highest BCUT2D eigenvalue weighted by atomic mass is 79.9. The van der Waals surface area contributed by atoms with Crippen molar-refractivity contribution in [3.63, 3.8) is 0 Å². The van der Waals surface area contributed by atoms with Gasteiger partial charge >= 0.3 is 6.03 Å². The summed E-state index contributed by atoms with van der Waals surface area (Å²) < 4.78 is 6.41. The van der Waals surface area contributed by atoms with Crippen LogP contribution in [0.2, 0.25) is 0 Å². The second-order valence-corrected chi connectivity index (χ2v) is 9.87. The van der Waals surface area contributed by atoms with E-state index in [-0.39, 0.29) is 18.0 Å². The first-order valence-electron chi connectivity index (χ1n) is 11.3. The molecule has 8 heteroatoms. The van der Waals surface area contributed by atoms with Crippen molar-refractivity contribution in [3.8, 4) is 0 Å². The van der Waals surface area contributed by atoms with Gasteiger partial charge in [0.1, 0.15) is 6.04 Å². The molecule has 0 spiro atoms. The number of likely N-dealkylation sites (tertiary alicyclic amines) is 1. The second-order valence-electron chi connectivity index (χ2n) is 8.96. The number of hydrogen-bond acceptors (Lipinski definition) is 4. The number of nitrogens with zero attached hydrogens (tertiary/aromatic N) is 2. The van der Waals surface area contributed by atoms with Crippen LogP contribution < -0.4 is 10.6 Å². The Balaban J connectivity index is 1.46. The molecule has 2 aliphatic rings. The predicted molar refractivity (Wildman–Crippen MR) is 134 cm³/mol. The molecular weight excluding hydrogens is 484 g/mol. The molecular formula is C25H31BrN4O3. The zero-order valence-electron chi connectivity index (χ0n) is 19.3. The van der Waals surface area contributed by atoms with Gasteiger partial charge in [-0.2, -0.15) is 0 Å². The van der Waals surface area contributed by atoms with Crippen LogP contribution in [0.4, 0.5) is 16.2 Å². The number of hydrogen-bond donors (Lipinski definition) is 2. The Kier molecular flexibility index (Phi) is 7.36. The molecule has 1 unspecified atom stereocenters. The molecule has 176 valence electrons. The Bertz CT molecular complexity index is 1010. The molecule has 0 aliphatic carbocycles. The molecule has 1 saturated heterocycles. The maximum atomic E-state index is 13.2. The van der Waals surface area contributed by atoms with Crippen molar-refractivity contribution in [1.82, 2.24) is 9.80 Å². The summed E-state index contributed by atoms with van der Waals surface area (Å²) >= 11 is 3.39. The zero-order valence-corrected chi connectivity index (χ0v) is 20.9. The van der Waals surface area contributed by atoms with Crippen LogP contribution in [0, 0.1) is 0 Å². The fourth-order valence-corrected chi connectivity index (χ4v) is 4.79. The van der Waals surface area contributed by atoms with Gasteiger partial charge in [-0.15, -0.1) is 0 Å². The Hall–Kier alpha value is -2.42. The van der Waals surface area contributed by atoms with Crippen molar-refractivity contribution < 1.29 is 14.3 Å². The van der Waals surface area contributed by atoms with Gasteiger partial charge in [-0.25, -0.2) is 4.79 Å². The highest BCUT2D eigenvalue weighted by Gasteiger charge is 2.40. The average Bonchev–Trinajstić information content (AvgIpc) is 3.19. The number of rotatable bonds is 4. The fourth-order valence-electron chi connectivity index (χ4n) is 4.52. The largest absolute Gasteiger partial charge is 0.380 e. The van der Waals surface area contributed by atoms with Gasteiger partial charge in [0.15, 0.2) is 0 Å². The predicted octanol–water partition coefficient (Wildman–Crippen LogP) is 4.13. The minimum absolute atomic E-state index is 0.180. The van der Waals surface area contributed by atoms with E-state index in [4.69, 9.17) is 4.74 Å². The summed E-state index contributed by atoms with van der Waals surface area (Å²) in [6.45, 7) is 3.60. The highest BCUT2D eigenvalue weighted by molar-refractivity contribution is 9.10. The standard InChI is InChI=1S/C25H31BrN4O3/c1-16-12-17-4-7-21(13-18(17)10-11-29(16)2)27-24(31)23-14-22(33-3)15-30(23)25(32)28-20-8-5-19(26)6-9-20/h4-9,13,16,22-23H,10-12,14-15H2,1-3H3,(H,27,31)(H,28,32)/t16?,22-,23-/m1/s1. The topological polar surface area (TPSA) is 73.9 Å². The highest BCUT2D eigenvalue weighted by Crippen LogP contribution is 2.26. The number of methoxy groups -OCH3 is 1. The van der Waals surface area contributed by atoms with Crippen molar-refractivity contribution >= 4 is 39.2 Å². The molecule has 2 aliphatic heterocycles. The lowest BCUT2D eigenvalue weighted by Crippen LogP contribution is -2.45. The van der Waals surface area contributed by atoms with Crippen LogP contribution in [-0.4, -0.2) is 67.2 Å². The van der Waals surface area contributed by atoms with Crippen molar-refractivity contribution in [3.05, 3.63) is 58.1 Å². The van der Waals surface area contributed by atoms with E-state index >= 15 is 0 Å². The summed E-state index contributed by atoms with van der Waals surface area (Å²) in [5, 5.41) is 5.93. The minimum atomic E-state index is -0.602. The molecule has 3 atom stereocenters. The Morgan fingerprint density at radius 2 is 1.79 bits per heavy atom. The van der Waals surface area contributed by atoms with Gasteiger partial charge in [0.2, 0.25) is 5.91 Å². The molecule has 2 heterocycles. The van der Waals surface area contributed by atoms with Gasteiger partial charge < -0.3 is 25.2 Å². The summed E-state index contributed by atoms with van der Waals surface area (Å²) in [5.41, 5.74) is 4.05. The summed E-state index contributed by atoms with van der Waals surface area (Å²) in [6.07, 6.45) is 2.24. The molecule has 1 fully saturated rings. The van der Waals surface area contributed by atoms with Gasteiger partial charge in [-0.05, 0) is 74.3 Å². The number of anilines is 2. The van der Waals surface area contributed by atoms with Gasteiger partial charge in [0, 0.05) is 48.5 Å². The van der Waals surface area contributed by atoms with Gasteiger partial charge in [0.05, 0.1) is 6.10 Å². The third kappa shape index (κ3) is 5.57. The first-order valence-corrected chi connectivity index (χ1v) is 12.1. The van der Waals surface area contributed by atoms with Crippen LogP contribution >= 0.6 is 15.9 Å². The lowest BCUT2D eigenvalue weighted by Gasteiger charge is -2.24. The quantitative estimate of drug-likeness (QED) is 0.643. The van der Waals surface area contributed by atoms with Crippen LogP contribution in [0.15, 0.2) is 46.9 Å². The lowest BCUT2D eigenvalue weighted by molar-refractivity contribution is -0.119. The van der Waals surface area contributed by atoms with E-state index in [0.29, 0.717) is 24.7 Å². The zero-order chi connectivity index (χ0) is 23.5. The van der Waals surface area contributed by atoms with Crippen LogP contribution in [0.1, 0.15) is 24.5 Å². The molecule has 0 bridgehead atoms. The molecule has 0 aromatic heterocycles. The second kappa shape index (κ2) is 10.2.